The molecule has 0 fully saturated rings. The van der Waals surface area contributed by atoms with Crippen LogP contribution in [-0.4, -0.2) is 23.5 Å². The van der Waals surface area contributed by atoms with E-state index in [9.17, 15) is 0 Å². The van der Waals surface area contributed by atoms with Crippen LogP contribution in [0.15, 0.2) is 0 Å². The SMILES string of the molecule is CC(C)[SiH](C(C)C)C(C)C.OP(O)O. The first-order chi connectivity index (χ1) is 6.20. The molecule has 0 rings (SSSR count). The fourth-order valence-electron chi connectivity index (χ4n) is 2.31. The van der Waals surface area contributed by atoms with E-state index in [0.29, 0.717) is 0 Å². The van der Waals surface area contributed by atoms with E-state index in [-0.39, 0.29) is 0 Å². The van der Waals surface area contributed by atoms with E-state index < -0.39 is 17.4 Å². The summed E-state index contributed by atoms with van der Waals surface area (Å²) in [5, 5.41) is 0. The summed E-state index contributed by atoms with van der Waals surface area (Å²) in [7, 11) is -3.07. The maximum Gasteiger partial charge on any atom is 0.324 e. The van der Waals surface area contributed by atoms with Crippen LogP contribution in [-0.2, 0) is 0 Å². The Morgan fingerprint density at radius 1 is 0.714 bits per heavy atom. The number of hydrogen-bond donors (Lipinski definition) is 3. The fourth-order valence-corrected chi connectivity index (χ4v) is 6.93. The van der Waals surface area contributed by atoms with Crippen LogP contribution in [0.5, 0.6) is 0 Å². The van der Waals surface area contributed by atoms with Crippen molar-refractivity contribution in [1.29, 1.82) is 0 Å². The van der Waals surface area contributed by atoms with Gasteiger partial charge in [0.2, 0.25) is 0 Å². The van der Waals surface area contributed by atoms with Gasteiger partial charge in [-0.15, -0.1) is 0 Å². The molecule has 14 heavy (non-hydrogen) atoms. The van der Waals surface area contributed by atoms with Crippen LogP contribution < -0.4 is 0 Å². The molecule has 0 bridgehead atoms. The molecule has 3 nitrogen and oxygen atoms in total. The highest BCUT2D eigenvalue weighted by atomic mass is 31.2. The van der Waals surface area contributed by atoms with E-state index in [2.05, 4.69) is 41.5 Å². The zero-order valence-electron chi connectivity index (χ0n) is 10.1. The van der Waals surface area contributed by atoms with Gasteiger partial charge in [0.15, 0.2) is 0 Å². The van der Waals surface area contributed by atoms with Crippen LogP contribution >= 0.6 is 8.60 Å². The van der Waals surface area contributed by atoms with Gasteiger partial charge in [0, 0.05) is 8.80 Å². The van der Waals surface area contributed by atoms with Crippen LogP contribution in [0, 0.1) is 0 Å². The molecule has 0 saturated carbocycles. The van der Waals surface area contributed by atoms with Crippen molar-refractivity contribution in [2.75, 3.05) is 0 Å². The molecule has 0 heterocycles. The van der Waals surface area contributed by atoms with E-state index in [1.54, 1.807) is 0 Å². The van der Waals surface area contributed by atoms with Crippen molar-refractivity contribution >= 4 is 17.4 Å². The van der Waals surface area contributed by atoms with Gasteiger partial charge in [-0.1, -0.05) is 58.2 Å². The predicted molar refractivity (Wildman–Crippen MR) is 66.0 cm³/mol. The average molecular weight is 240 g/mol. The lowest BCUT2D eigenvalue weighted by Gasteiger charge is -2.26. The van der Waals surface area contributed by atoms with Gasteiger partial charge in [0.1, 0.15) is 0 Å². The van der Waals surface area contributed by atoms with Crippen molar-refractivity contribution in [3.8, 4) is 0 Å². The van der Waals surface area contributed by atoms with E-state index in [4.69, 9.17) is 14.7 Å². The molecule has 88 valence electrons. The standard InChI is InChI=1S/C9H22Si.H3O3P/c1-7(2)10(8(3)4)9(5)6;1-4(2)3/h7-10H,1-6H3;1-3H. The van der Waals surface area contributed by atoms with Crippen molar-refractivity contribution in [2.24, 2.45) is 0 Å². The smallest absolute Gasteiger partial charge is 0.324 e. The molecule has 0 aliphatic heterocycles. The van der Waals surface area contributed by atoms with Gasteiger partial charge in [0.25, 0.3) is 0 Å². The lowest BCUT2D eigenvalue weighted by molar-refractivity contribution is 0.368. The van der Waals surface area contributed by atoms with E-state index >= 15 is 0 Å². The minimum Gasteiger partial charge on any atom is -0.328 e. The van der Waals surface area contributed by atoms with Crippen LogP contribution in [0.3, 0.4) is 0 Å². The van der Waals surface area contributed by atoms with Crippen molar-refractivity contribution in [1.82, 2.24) is 0 Å². The summed E-state index contributed by atoms with van der Waals surface area (Å²) in [4.78, 5) is 21.7. The maximum absolute atomic E-state index is 7.23. The molecule has 0 aromatic rings. The lowest BCUT2D eigenvalue weighted by atomic mass is 10.5. The maximum atomic E-state index is 7.23. The Morgan fingerprint density at radius 3 is 0.857 bits per heavy atom. The van der Waals surface area contributed by atoms with E-state index in [1.807, 2.05) is 0 Å². The summed E-state index contributed by atoms with van der Waals surface area (Å²) in [5.41, 5.74) is 2.92. The third kappa shape index (κ3) is 10.6. The molecule has 0 atom stereocenters. The van der Waals surface area contributed by atoms with E-state index in [1.165, 1.54) is 0 Å². The predicted octanol–water partition coefficient (Wildman–Crippen LogP) is 2.63. The normalized spacial score (nSPS) is 11.6. The van der Waals surface area contributed by atoms with Crippen LogP contribution in [0.25, 0.3) is 0 Å². The molecule has 0 aromatic heterocycles. The first-order valence-electron chi connectivity index (χ1n) is 5.06. The van der Waals surface area contributed by atoms with Gasteiger partial charge in [-0.05, 0) is 0 Å². The van der Waals surface area contributed by atoms with Crippen molar-refractivity contribution in [2.45, 2.75) is 58.2 Å². The first kappa shape index (κ1) is 16.9. The first-order valence-corrected chi connectivity index (χ1v) is 8.26. The fraction of sp³-hybridized carbons (Fsp3) is 1.00. The Labute approximate surface area is 90.8 Å². The summed E-state index contributed by atoms with van der Waals surface area (Å²) in [6, 6.07) is 0. The number of hydrogen-bond acceptors (Lipinski definition) is 3. The third-order valence-corrected chi connectivity index (χ3v) is 6.93. The van der Waals surface area contributed by atoms with Crippen LogP contribution in [0.4, 0.5) is 0 Å². The Bertz CT molecular complexity index is 107. The molecule has 5 heteroatoms. The second kappa shape index (κ2) is 8.80. The average Bonchev–Trinajstić information content (AvgIpc) is 1.80. The van der Waals surface area contributed by atoms with Gasteiger partial charge in [-0.2, -0.15) is 0 Å². The Kier molecular flexibility index (Phi) is 10.7. The molecular formula is C9H25O3PSi. The summed E-state index contributed by atoms with van der Waals surface area (Å²) in [6.07, 6.45) is 0. The molecule has 0 aliphatic rings. The Hall–Kier alpha value is 0.527. The second-order valence-electron chi connectivity index (χ2n) is 4.58. The topological polar surface area (TPSA) is 60.7 Å². The Morgan fingerprint density at radius 2 is 0.857 bits per heavy atom. The highest BCUT2D eigenvalue weighted by Crippen LogP contribution is 2.28. The zero-order chi connectivity index (χ0) is 11.9. The molecule has 0 aliphatic carbocycles. The molecular weight excluding hydrogens is 215 g/mol. The van der Waals surface area contributed by atoms with Crippen molar-refractivity contribution < 1.29 is 14.7 Å². The zero-order valence-corrected chi connectivity index (χ0v) is 12.1. The summed E-state index contributed by atoms with van der Waals surface area (Å²) >= 11 is 0. The van der Waals surface area contributed by atoms with E-state index in [0.717, 1.165) is 16.6 Å². The monoisotopic (exact) mass is 240 g/mol. The molecule has 0 unspecified atom stereocenters. The largest absolute Gasteiger partial charge is 0.328 e. The quantitative estimate of drug-likeness (QED) is 0.525. The number of rotatable bonds is 3. The molecule has 0 aromatic carbocycles. The molecule has 0 saturated heterocycles. The van der Waals surface area contributed by atoms with Gasteiger partial charge < -0.3 is 14.7 Å². The molecule has 0 radical (unpaired) electrons. The van der Waals surface area contributed by atoms with Gasteiger partial charge in [-0.25, -0.2) is 0 Å². The van der Waals surface area contributed by atoms with Gasteiger partial charge in [-0.3, -0.25) is 0 Å². The summed E-state index contributed by atoms with van der Waals surface area (Å²) in [5.74, 6) is 0. The van der Waals surface area contributed by atoms with Crippen LogP contribution in [0.1, 0.15) is 41.5 Å². The highest BCUT2D eigenvalue weighted by molar-refractivity contribution is 7.38. The molecule has 0 amide bonds. The summed E-state index contributed by atoms with van der Waals surface area (Å²) < 4.78 is 0. The van der Waals surface area contributed by atoms with Gasteiger partial charge >= 0.3 is 8.60 Å². The minimum atomic E-state index is -2.62. The summed E-state index contributed by atoms with van der Waals surface area (Å²) in [6.45, 7) is 14.3. The van der Waals surface area contributed by atoms with Gasteiger partial charge in [0.05, 0.1) is 0 Å². The third-order valence-electron chi connectivity index (χ3n) is 2.31. The molecule has 3 N–H and O–H groups in total. The minimum absolute atomic E-state index is 0.454. The van der Waals surface area contributed by atoms with Crippen molar-refractivity contribution in [3.63, 3.8) is 0 Å². The molecule has 0 spiro atoms. The highest BCUT2D eigenvalue weighted by Gasteiger charge is 2.22. The van der Waals surface area contributed by atoms with Crippen molar-refractivity contribution in [3.05, 3.63) is 0 Å². The van der Waals surface area contributed by atoms with Crippen LogP contribution in [0.2, 0.25) is 16.6 Å². The Balaban J connectivity index is 0. The second-order valence-corrected chi connectivity index (χ2v) is 10.3. The lowest BCUT2D eigenvalue weighted by Crippen LogP contribution is -2.24.